The highest BCUT2D eigenvalue weighted by Gasteiger charge is 2.18. The quantitative estimate of drug-likeness (QED) is 0.520. The summed E-state index contributed by atoms with van der Waals surface area (Å²) in [6.07, 6.45) is 3.46. The summed E-state index contributed by atoms with van der Waals surface area (Å²) in [4.78, 5) is 24.1. The molecule has 1 amide bonds. The van der Waals surface area contributed by atoms with Crippen LogP contribution in [0.4, 0.5) is 0 Å². The lowest BCUT2D eigenvalue weighted by molar-refractivity contribution is 0.0943. The molecule has 6 heteroatoms. The van der Waals surface area contributed by atoms with E-state index in [1.165, 1.54) is 5.56 Å². The molecule has 4 rings (SSSR count). The van der Waals surface area contributed by atoms with Crippen LogP contribution in [0.5, 0.6) is 0 Å². The van der Waals surface area contributed by atoms with Crippen LogP contribution in [-0.4, -0.2) is 41.4 Å². The monoisotopic (exact) mass is 402 g/mol. The first-order valence-corrected chi connectivity index (χ1v) is 10.3. The van der Waals surface area contributed by atoms with Gasteiger partial charge in [0.1, 0.15) is 0 Å². The molecule has 0 aliphatic rings. The molecule has 0 aliphatic carbocycles. The molecule has 1 N–H and O–H groups in total. The highest BCUT2D eigenvalue weighted by Crippen LogP contribution is 2.25. The minimum Gasteiger partial charge on any atom is -0.350 e. The van der Waals surface area contributed by atoms with Crippen LogP contribution in [0.1, 0.15) is 22.0 Å². The molecule has 1 atom stereocenters. The van der Waals surface area contributed by atoms with E-state index in [1.807, 2.05) is 56.6 Å². The van der Waals surface area contributed by atoms with Crippen molar-refractivity contribution in [1.29, 1.82) is 0 Å². The number of aromatic nitrogens is 2. The van der Waals surface area contributed by atoms with Crippen molar-refractivity contribution >= 4 is 28.1 Å². The normalized spacial score (nSPS) is 12.2. The number of amides is 1. The van der Waals surface area contributed by atoms with Crippen LogP contribution in [0.3, 0.4) is 0 Å². The van der Waals surface area contributed by atoms with Gasteiger partial charge in [0.2, 0.25) is 0 Å². The van der Waals surface area contributed by atoms with Crippen molar-refractivity contribution in [2.24, 2.45) is 0 Å². The molecule has 146 valence electrons. The number of nitrogens with zero attached hydrogens (tertiary/aromatic N) is 3. The average Bonchev–Trinajstić information content (AvgIpc) is 3.28. The lowest BCUT2D eigenvalue weighted by Crippen LogP contribution is -2.34. The van der Waals surface area contributed by atoms with Gasteiger partial charge in [0.05, 0.1) is 22.8 Å². The number of likely N-dealkylation sites (N-methyl/N-ethyl adjacent to an activating group) is 1. The van der Waals surface area contributed by atoms with Gasteiger partial charge in [-0.05, 0) is 60.8 Å². The Morgan fingerprint density at radius 2 is 1.93 bits per heavy atom. The Hall–Kier alpha value is -3.09. The first-order valence-electron chi connectivity index (χ1n) is 9.40. The number of nitrogens with one attached hydrogen (secondary N) is 1. The number of pyridine rings is 2. The van der Waals surface area contributed by atoms with Crippen molar-refractivity contribution in [3.8, 4) is 11.3 Å². The lowest BCUT2D eigenvalue weighted by Gasteiger charge is -2.24. The summed E-state index contributed by atoms with van der Waals surface area (Å²) < 4.78 is 0. The van der Waals surface area contributed by atoms with Gasteiger partial charge in [-0.3, -0.25) is 9.78 Å². The zero-order valence-corrected chi connectivity index (χ0v) is 17.2. The predicted molar refractivity (Wildman–Crippen MR) is 118 cm³/mol. The van der Waals surface area contributed by atoms with Gasteiger partial charge in [-0.1, -0.05) is 18.2 Å². The smallest absolute Gasteiger partial charge is 0.252 e. The molecule has 5 nitrogen and oxygen atoms in total. The van der Waals surface area contributed by atoms with Crippen LogP contribution in [0, 0.1) is 0 Å². The van der Waals surface area contributed by atoms with Gasteiger partial charge in [0.25, 0.3) is 5.91 Å². The summed E-state index contributed by atoms with van der Waals surface area (Å²) in [6, 6.07) is 15.6. The van der Waals surface area contributed by atoms with E-state index in [0.717, 1.165) is 22.2 Å². The van der Waals surface area contributed by atoms with Gasteiger partial charge in [0.15, 0.2) is 0 Å². The Morgan fingerprint density at radius 3 is 2.66 bits per heavy atom. The molecule has 3 aromatic heterocycles. The molecule has 1 aromatic carbocycles. The number of hydrogen-bond donors (Lipinski definition) is 1. The molecule has 0 spiro atoms. The fourth-order valence-electron chi connectivity index (χ4n) is 3.38. The molecule has 0 aliphatic heterocycles. The van der Waals surface area contributed by atoms with Crippen LogP contribution in [0.2, 0.25) is 0 Å². The highest BCUT2D eigenvalue weighted by molar-refractivity contribution is 7.08. The van der Waals surface area contributed by atoms with Crippen LogP contribution < -0.4 is 5.32 Å². The Labute approximate surface area is 174 Å². The van der Waals surface area contributed by atoms with Gasteiger partial charge >= 0.3 is 0 Å². The van der Waals surface area contributed by atoms with Crippen molar-refractivity contribution < 1.29 is 4.79 Å². The molecule has 0 bridgehead atoms. The third kappa shape index (κ3) is 4.18. The average molecular weight is 403 g/mol. The fourth-order valence-corrected chi connectivity index (χ4v) is 4.09. The van der Waals surface area contributed by atoms with Crippen molar-refractivity contribution in [2.45, 2.75) is 6.04 Å². The number of fused-ring (bicyclic) bond motifs is 1. The molecule has 0 unspecified atom stereocenters. The molecule has 4 aromatic rings. The van der Waals surface area contributed by atoms with E-state index in [2.05, 4.69) is 32.0 Å². The zero-order chi connectivity index (χ0) is 20.2. The third-order valence-corrected chi connectivity index (χ3v) is 5.65. The van der Waals surface area contributed by atoms with E-state index >= 15 is 0 Å². The van der Waals surface area contributed by atoms with Crippen molar-refractivity contribution in [2.75, 3.05) is 20.6 Å². The molecule has 0 saturated heterocycles. The van der Waals surface area contributed by atoms with E-state index in [-0.39, 0.29) is 11.9 Å². The van der Waals surface area contributed by atoms with E-state index in [1.54, 1.807) is 23.7 Å². The summed E-state index contributed by atoms with van der Waals surface area (Å²) in [5, 5.41) is 8.16. The number of para-hydroxylation sites is 1. The molecular weight excluding hydrogens is 380 g/mol. The second kappa shape index (κ2) is 8.51. The number of thiophene rings is 1. The summed E-state index contributed by atoms with van der Waals surface area (Å²) >= 11 is 1.66. The first kappa shape index (κ1) is 19.2. The number of hydrogen-bond acceptors (Lipinski definition) is 5. The maximum atomic E-state index is 13.2. The predicted octanol–water partition coefficient (Wildman–Crippen LogP) is 4.39. The van der Waals surface area contributed by atoms with E-state index in [4.69, 9.17) is 4.98 Å². The molecule has 3 heterocycles. The van der Waals surface area contributed by atoms with Gasteiger partial charge in [0, 0.05) is 29.9 Å². The van der Waals surface area contributed by atoms with Crippen LogP contribution in [-0.2, 0) is 0 Å². The SMILES string of the molecule is CN(C)[C@@H](CNC(=O)c1cc(-c2ccncc2)nc2ccccc12)c1ccsc1. The Morgan fingerprint density at radius 1 is 1.14 bits per heavy atom. The minimum absolute atomic E-state index is 0.0963. The fraction of sp³-hybridized carbons (Fsp3) is 0.174. The zero-order valence-electron chi connectivity index (χ0n) is 16.4. The Bertz CT molecular complexity index is 1110. The first-order chi connectivity index (χ1) is 14.1. The van der Waals surface area contributed by atoms with Crippen LogP contribution in [0.25, 0.3) is 22.2 Å². The largest absolute Gasteiger partial charge is 0.350 e. The van der Waals surface area contributed by atoms with Crippen molar-refractivity contribution in [1.82, 2.24) is 20.2 Å². The summed E-state index contributed by atoms with van der Waals surface area (Å²) in [7, 11) is 4.05. The standard InChI is InChI=1S/C23H22N4OS/c1-27(2)22(17-9-12-29-15-17)14-25-23(28)19-13-21(16-7-10-24-11-8-16)26-20-6-4-3-5-18(19)20/h3-13,15,22H,14H2,1-2H3,(H,25,28)/t22-/m0/s1. The summed E-state index contributed by atoms with van der Waals surface area (Å²) in [6.45, 7) is 0.532. The Kier molecular flexibility index (Phi) is 5.64. The molecule has 0 radical (unpaired) electrons. The maximum absolute atomic E-state index is 13.2. The van der Waals surface area contributed by atoms with Gasteiger partial charge in [-0.2, -0.15) is 11.3 Å². The van der Waals surface area contributed by atoms with E-state index in [0.29, 0.717) is 12.1 Å². The van der Waals surface area contributed by atoms with Crippen molar-refractivity contribution in [3.63, 3.8) is 0 Å². The minimum atomic E-state index is -0.0963. The molecule has 0 saturated carbocycles. The number of benzene rings is 1. The third-order valence-electron chi connectivity index (χ3n) is 4.94. The maximum Gasteiger partial charge on any atom is 0.252 e. The number of carbonyl (C=O) groups is 1. The van der Waals surface area contributed by atoms with Crippen LogP contribution in [0.15, 0.2) is 71.7 Å². The second-order valence-corrected chi connectivity index (χ2v) is 7.83. The van der Waals surface area contributed by atoms with Crippen molar-refractivity contribution in [3.05, 3.63) is 82.8 Å². The summed E-state index contributed by atoms with van der Waals surface area (Å²) in [5.41, 5.74) is 4.33. The van der Waals surface area contributed by atoms with Crippen LogP contribution >= 0.6 is 11.3 Å². The summed E-state index contributed by atoms with van der Waals surface area (Å²) in [5.74, 6) is -0.0963. The lowest BCUT2D eigenvalue weighted by atomic mass is 10.0. The topological polar surface area (TPSA) is 58.1 Å². The molecular formula is C23H22N4OS. The molecule has 29 heavy (non-hydrogen) atoms. The second-order valence-electron chi connectivity index (χ2n) is 7.05. The van der Waals surface area contributed by atoms with E-state index < -0.39 is 0 Å². The highest BCUT2D eigenvalue weighted by atomic mass is 32.1. The van der Waals surface area contributed by atoms with E-state index in [9.17, 15) is 4.79 Å². The Balaban J connectivity index is 1.66. The number of rotatable bonds is 6. The van der Waals surface area contributed by atoms with Gasteiger partial charge < -0.3 is 10.2 Å². The number of carbonyl (C=O) groups excluding carboxylic acids is 1. The van der Waals surface area contributed by atoms with Gasteiger partial charge in [-0.25, -0.2) is 4.98 Å². The van der Waals surface area contributed by atoms with Gasteiger partial charge in [-0.15, -0.1) is 0 Å². The molecule has 0 fully saturated rings.